The Kier molecular flexibility index (Phi) is 1.91. The monoisotopic (exact) mass is 122 g/mol. The highest BCUT2D eigenvalue weighted by atomic mass is 35.5. The molecule has 7 heavy (non-hydrogen) atoms. The van der Waals surface area contributed by atoms with E-state index in [1.54, 1.807) is 0 Å². The summed E-state index contributed by atoms with van der Waals surface area (Å²) < 4.78 is 9.68. The SMILES string of the molecule is ClCCO[C@H]1CO1. The van der Waals surface area contributed by atoms with Gasteiger partial charge in [-0.25, -0.2) is 0 Å². The lowest BCUT2D eigenvalue weighted by atomic mass is 10.8. The van der Waals surface area contributed by atoms with Crippen molar-refractivity contribution in [1.29, 1.82) is 0 Å². The van der Waals surface area contributed by atoms with Gasteiger partial charge in [0.1, 0.15) is 6.61 Å². The van der Waals surface area contributed by atoms with Crippen LogP contribution in [-0.2, 0) is 9.47 Å². The highest BCUT2D eigenvalue weighted by Crippen LogP contribution is 2.09. The molecule has 0 aromatic heterocycles. The topological polar surface area (TPSA) is 21.8 Å². The Morgan fingerprint density at radius 1 is 1.86 bits per heavy atom. The Morgan fingerprint density at radius 3 is 3.00 bits per heavy atom. The molecule has 42 valence electrons. The van der Waals surface area contributed by atoms with E-state index in [2.05, 4.69) is 0 Å². The van der Waals surface area contributed by atoms with Crippen LogP contribution in [0.5, 0.6) is 0 Å². The van der Waals surface area contributed by atoms with Gasteiger partial charge in [-0.2, -0.15) is 0 Å². The van der Waals surface area contributed by atoms with E-state index in [4.69, 9.17) is 21.1 Å². The van der Waals surface area contributed by atoms with Gasteiger partial charge >= 0.3 is 0 Å². The van der Waals surface area contributed by atoms with Crippen molar-refractivity contribution in [1.82, 2.24) is 0 Å². The molecule has 1 atom stereocenters. The van der Waals surface area contributed by atoms with E-state index in [9.17, 15) is 0 Å². The minimum atomic E-state index is 0.0683. The second-order valence-corrected chi connectivity index (χ2v) is 1.70. The van der Waals surface area contributed by atoms with Crippen molar-refractivity contribution < 1.29 is 9.47 Å². The first-order chi connectivity index (χ1) is 3.43. The van der Waals surface area contributed by atoms with Gasteiger partial charge in [0.25, 0.3) is 0 Å². The fourth-order valence-electron chi connectivity index (χ4n) is 0.311. The van der Waals surface area contributed by atoms with Gasteiger partial charge in [-0.1, -0.05) is 0 Å². The molecular formula is C4H7ClO2. The number of halogens is 1. The third-order valence-electron chi connectivity index (χ3n) is 0.684. The molecule has 0 amide bonds. The lowest BCUT2D eigenvalue weighted by Crippen LogP contribution is -1.97. The van der Waals surface area contributed by atoms with Gasteiger partial charge in [-0.3, -0.25) is 0 Å². The smallest absolute Gasteiger partial charge is 0.181 e. The molecule has 0 unspecified atom stereocenters. The summed E-state index contributed by atoms with van der Waals surface area (Å²) in [6, 6.07) is 0. The summed E-state index contributed by atoms with van der Waals surface area (Å²) >= 11 is 5.29. The quantitative estimate of drug-likeness (QED) is 0.404. The zero-order valence-electron chi connectivity index (χ0n) is 3.89. The summed E-state index contributed by atoms with van der Waals surface area (Å²) in [5.74, 6) is 0.555. The van der Waals surface area contributed by atoms with E-state index in [-0.39, 0.29) is 6.29 Å². The number of hydrogen-bond acceptors (Lipinski definition) is 2. The largest absolute Gasteiger partial charge is 0.349 e. The molecule has 0 saturated carbocycles. The van der Waals surface area contributed by atoms with Crippen molar-refractivity contribution in [3.8, 4) is 0 Å². The molecule has 1 rings (SSSR count). The van der Waals surface area contributed by atoms with Crippen LogP contribution >= 0.6 is 11.6 Å². The summed E-state index contributed by atoms with van der Waals surface area (Å²) in [4.78, 5) is 0. The maximum absolute atomic E-state index is 5.29. The Hall–Kier alpha value is 0.210. The van der Waals surface area contributed by atoms with Crippen LogP contribution in [0.25, 0.3) is 0 Å². The van der Waals surface area contributed by atoms with Crippen molar-refractivity contribution in [2.75, 3.05) is 19.1 Å². The number of rotatable bonds is 3. The van der Waals surface area contributed by atoms with E-state index >= 15 is 0 Å². The molecule has 0 aliphatic carbocycles. The molecule has 0 radical (unpaired) electrons. The minimum absolute atomic E-state index is 0.0683. The van der Waals surface area contributed by atoms with Crippen LogP contribution in [0.1, 0.15) is 0 Å². The summed E-state index contributed by atoms with van der Waals surface area (Å²) in [5, 5.41) is 0. The van der Waals surface area contributed by atoms with Crippen molar-refractivity contribution in [2.24, 2.45) is 0 Å². The predicted molar refractivity (Wildman–Crippen MR) is 26.4 cm³/mol. The van der Waals surface area contributed by atoms with E-state index in [1.807, 2.05) is 0 Å². The Balaban J connectivity index is 1.80. The van der Waals surface area contributed by atoms with Crippen LogP contribution in [-0.4, -0.2) is 25.4 Å². The second-order valence-electron chi connectivity index (χ2n) is 1.32. The number of alkyl halides is 1. The first-order valence-electron chi connectivity index (χ1n) is 2.22. The van der Waals surface area contributed by atoms with Crippen molar-refractivity contribution >= 4 is 11.6 Å². The molecular weight excluding hydrogens is 115 g/mol. The van der Waals surface area contributed by atoms with E-state index in [1.165, 1.54) is 0 Å². The van der Waals surface area contributed by atoms with Crippen LogP contribution in [0.4, 0.5) is 0 Å². The number of ether oxygens (including phenoxy) is 2. The molecule has 2 nitrogen and oxygen atoms in total. The Labute approximate surface area is 47.4 Å². The highest BCUT2D eigenvalue weighted by Gasteiger charge is 2.22. The van der Waals surface area contributed by atoms with Crippen LogP contribution < -0.4 is 0 Å². The Morgan fingerprint density at radius 2 is 2.57 bits per heavy atom. The van der Waals surface area contributed by atoms with Crippen LogP contribution in [0.15, 0.2) is 0 Å². The van der Waals surface area contributed by atoms with Crippen LogP contribution in [0.2, 0.25) is 0 Å². The molecule has 0 aromatic carbocycles. The Bertz CT molecular complexity index is 53.7. The van der Waals surface area contributed by atoms with Gasteiger partial charge in [0.05, 0.1) is 6.61 Å². The maximum Gasteiger partial charge on any atom is 0.181 e. The average Bonchev–Trinajstić information content (AvgIpc) is 2.42. The van der Waals surface area contributed by atoms with Crippen LogP contribution in [0, 0.1) is 0 Å². The molecule has 1 aliphatic rings. The molecule has 0 bridgehead atoms. The molecule has 1 heterocycles. The molecule has 0 spiro atoms. The van der Waals surface area contributed by atoms with Gasteiger partial charge in [0.15, 0.2) is 6.29 Å². The second kappa shape index (κ2) is 2.50. The number of hydrogen-bond donors (Lipinski definition) is 0. The molecule has 1 saturated heterocycles. The van der Waals surface area contributed by atoms with Gasteiger partial charge in [0.2, 0.25) is 0 Å². The van der Waals surface area contributed by atoms with E-state index in [0.29, 0.717) is 12.5 Å². The lowest BCUT2D eigenvalue weighted by molar-refractivity contribution is 0.0605. The van der Waals surface area contributed by atoms with Gasteiger partial charge in [-0.15, -0.1) is 11.6 Å². The molecule has 0 aromatic rings. The summed E-state index contributed by atoms with van der Waals surface area (Å²) in [6.07, 6.45) is 0.0683. The minimum Gasteiger partial charge on any atom is -0.349 e. The van der Waals surface area contributed by atoms with E-state index < -0.39 is 0 Å². The maximum atomic E-state index is 5.29. The lowest BCUT2D eigenvalue weighted by Gasteiger charge is -1.90. The molecule has 3 heteroatoms. The first-order valence-corrected chi connectivity index (χ1v) is 2.76. The predicted octanol–water partition coefficient (Wildman–Crippen LogP) is 0.598. The zero-order chi connectivity index (χ0) is 5.11. The highest BCUT2D eigenvalue weighted by molar-refractivity contribution is 6.17. The third kappa shape index (κ3) is 2.12. The summed E-state index contributed by atoms with van der Waals surface area (Å²) in [5.41, 5.74) is 0. The molecule has 0 N–H and O–H groups in total. The average molecular weight is 123 g/mol. The third-order valence-corrected chi connectivity index (χ3v) is 0.838. The first kappa shape index (κ1) is 5.35. The van der Waals surface area contributed by atoms with Gasteiger partial charge < -0.3 is 9.47 Å². The van der Waals surface area contributed by atoms with Crippen molar-refractivity contribution in [3.63, 3.8) is 0 Å². The van der Waals surface area contributed by atoms with Crippen LogP contribution in [0.3, 0.4) is 0 Å². The van der Waals surface area contributed by atoms with Gasteiger partial charge in [-0.05, 0) is 0 Å². The molecule has 1 fully saturated rings. The normalized spacial score (nSPS) is 27.9. The van der Waals surface area contributed by atoms with Crippen molar-refractivity contribution in [2.45, 2.75) is 6.29 Å². The fraction of sp³-hybridized carbons (Fsp3) is 1.00. The standard InChI is InChI=1S/C4H7ClO2/c5-1-2-6-4-3-7-4/h4H,1-3H2/t4-/m1/s1. The van der Waals surface area contributed by atoms with Crippen molar-refractivity contribution in [3.05, 3.63) is 0 Å². The summed E-state index contributed by atoms with van der Waals surface area (Å²) in [6.45, 7) is 1.35. The van der Waals surface area contributed by atoms with Gasteiger partial charge in [0, 0.05) is 5.88 Å². The fourth-order valence-corrected chi connectivity index (χ4v) is 0.401. The van der Waals surface area contributed by atoms with E-state index in [0.717, 1.165) is 6.61 Å². The molecule has 1 aliphatic heterocycles. The number of epoxide rings is 1. The zero-order valence-corrected chi connectivity index (χ0v) is 4.65. The summed E-state index contributed by atoms with van der Waals surface area (Å²) in [7, 11) is 0.